The van der Waals surface area contributed by atoms with E-state index < -0.39 is 11.8 Å². The first kappa shape index (κ1) is 23.3. The molecule has 0 bridgehead atoms. The number of fused-ring (bicyclic) bond motifs is 3. The average Bonchev–Trinajstić information content (AvgIpc) is 3.53. The largest absolute Gasteiger partial charge is 0.497 e. The number of alkyl halides is 3. The van der Waals surface area contributed by atoms with Crippen LogP contribution in [-0.4, -0.2) is 22.8 Å². The fourth-order valence-electron chi connectivity index (χ4n) is 5.40. The lowest BCUT2D eigenvalue weighted by Gasteiger charge is -2.36. The molecule has 1 fully saturated rings. The van der Waals surface area contributed by atoms with E-state index in [9.17, 15) is 13.2 Å². The lowest BCUT2D eigenvalue weighted by atomic mass is 9.99. The molecule has 1 saturated carbocycles. The van der Waals surface area contributed by atoms with Crippen molar-refractivity contribution in [3.05, 3.63) is 67.0 Å². The SMILES string of the molecule is C=C(CCC1CCCC1)NC1(C(F)(F)F)C(=C)Nc2nc3c(-c4cccc(OC)c4)cccc3n21. The second-order valence-corrected chi connectivity index (χ2v) is 9.41. The van der Waals surface area contributed by atoms with E-state index in [-0.39, 0.29) is 11.6 Å². The molecule has 2 N–H and O–H groups in total. The number of halogens is 3. The maximum Gasteiger partial charge on any atom is 0.436 e. The van der Waals surface area contributed by atoms with Crippen LogP contribution < -0.4 is 15.4 Å². The van der Waals surface area contributed by atoms with Crippen LogP contribution >= 0.6 is 0 Å². The molecule has 2 heterocycles. The van der Waals surface area contributed by atoms with E-state index in [1.165, 1.54) is 17.4 Å². The van der Waals surface area contributed by atoms with E-state index in [1.54, 1.807) is 19.2 Å². The molecule has 0 spiro atoms. The summed E-state index contributed by atoms with van der Waals surface area (Å²) in [6.45, 7) is 7.72. The van der Waals surface area contributed by atoms with Gasteiger partial charge >= 0.3 is 6.18 Å². The highest BCUT2D eigenvalue weighted by molar-refractivity contribution is 5.95. The summed E-state index contributed by atoms with van der Waals surface area (Å²) in [6.07, 6.45) is 1.27. The first-order valence-corrected chi connectivity index (χ1v) is 11.9. The highest BCUT2D eigenvalue weighted by Gasteiger charge is 2.63. The van der Waals surface area contributed by atoms with Crippen LogP contribution in [0.5, 0.6) is 5.75 Å². The molecular weight excluding hydrogens is 453 g/mol. The van der Waals surface area contributed by atoms with Gasteiger partial charge in [0.1, 0.15) is 5.75 Å². The van der Waals surface area contributed by atoms with Crippen molar-refractivity contribution < 1.29 is 17.9 Å². The molecule has 2 aromatic carbocycles. The second kappa shape index (κ2) is 8.66. The molecule has 5 nitrogen and oxygen atoms in total. The topological polar surface area (TPSA) is 51.1 Å². The number of nitrogens with zero attached hydrogens (tertiary/aromatic N) is 2. The fourth-order valence-corrected chi connectivity index (χ4v) is 5.40. The Hall–Kier alpha value is -3.42. The highest BCUT2D eigenvalue weighted by Crippen LogP contribution is 2.49. The van der Waals surface area contributed by atoms with Crippen LogP contribution in [0.2, 0.25) is 0 Å². The molecule has 35 heavy (non-hydrogen) atoms. The third-order valence-electron chi connectivity index (χ3n) is 7.20. The third-order valence-corrected chi connectivity index (χ3v) is 7.20. The van der Waals surface area contributed by atoms with Gasteiger partial charge in [0.05, 0.1) is 23.8 Å². The zero-order valence-corrected chi connectivity index (χ0v) is 19.7. The Balaban J connectivity index is 1.58. The highest BCUT2D eigenvalue weighted by atomic mass is 19.4. The molecule has 5 rings (SSSR count). The molecule has 1 aromatic heterocycles. The Morgan fingerprint density at radius 2 is 1.97 bits per heavy atom. The summed E-state index contributed by atoms with van der Waals surface area (Å²) in [6, 6.07) is 12.6. The first-order valence-electron chi connectivity index (χ1n) is 11.9. The van der Waals surface area contributed by atoms with Crippen LogP contribution in [-0.2, 0) is 5.66 Å². The van der Waals surface area contributed by atoms with Gasteiger partial charge < -0.3 is 15.4 Å². The van der Waals surface area contributed by atoms with Gasteiger partial charge in [-0.25, -0.2) is 4.98 Å². The van der Waals surface area contributed by atoms with Gasteiger partial charge in [-0.2, -0.15) is 13.2 Å². The number of anilines is 1. The first-order chi connectivity index (χ1) is 16.7. The molecular formula is C27H29F3N4O. The van der Waals surface area contributed by atoms with Crippen molar-refractivity contribution >= 4 is 17.0 Å². The smallest absolute Gasteiger partial charge is 0.436 e. The molecule has 1 aliphatic carbocycles. The lowest BCUT2D eigenvalue weighted by Crippen LogP contribution is -2.57. The lowest BCUT2D eigenvalue weighted by molar-refractivity contribution is -0.205. The second-order valence-electron chi connectivity index (χ2n) is 9.41. The number of imidazole rings is 1. The number of methoxy groups -OCH3 is 1. The van der Waals surface area contributed by atoms with E-state index in [2.05, 4.69) is 28.8 Å². The molecule has 8 heteroatoms. The van der Waals surface area contributed by atoms with Gasteiger partial charge in [-0.1, -0.05) is 63.1 Å². The van der Waals surface area contributed by atoms with Crippen molar-refractivity contribution in [3.8, 4) is 16.9 Å². The Kier molecular flexibility index (Phi) is 5.77. The van der Waals surface area contributed by atoms with Crippen molar-refractivity contribution in [3.63, 3.8) is 0 Å². The molecule has 2 aliphatic rings. The maximum absolute atomic E-state index is 14.9. The fraction of sp³-hybridized carbons (Fsp3) is 0.370. The number of benzene rings is 2. The molecule has 1 atom stereocenters. The maximum atomic E-state index is 14.9. The summed E-state index contributed by atoms with van der Waals surface area (Å²) in [4.78, 5) is 4.58. The monoisotopic (exact) mass is 482 g/mol. The molecule has 0 amide bonds. The number of hydrogen-bond acceptors (Lipinski definition) is 4. The summed E-state index contributed by atoms with van der Waals surface area (Å²) in [5.41, 5.74) is -0.137. The summed E-state index contributed by atoms with van der Waals surface area (Å²) >= 11 is 0. The summed E-state index contributed by atoms with van der Waals surface area (Å²) in [5, 5.41) is 5.54. The summed E-state index contributed by atoms with van der Waals surface area (Å²) < 4.78 is 51.2. The Labute approximate surface area is 202 Å². The molecule has 184 valence electrons. The van der Waals surface area contributed by atoms with E-state index >= 15 is 0 Å². The van der Waals surface area contributed by atoms with Gasteiger partial charge in [-0.15, -0.1) is 0 Å². The van der Waals surface area contributed by atoms with Gasteiger partial charge in [0.2, 0.25) is 5.95 Å². The summed E-state index contributed by atoms with van der Waals surface area (Å²) in [7, 11) is 1.57. The van der Waals surface area contributed by atoms with Crippen molar-refractivity contribution in [2.75, 3.05) is 12.4 Å². The van der Waals surface area contributed by atoms with E-state index in [1.807, 2.05) is 30.3 Å². The predicted molar refractivity (Wildman–Crippen MR) is 132 cm³/mol. The third kappa shape index (κ3) is 3.85. The number of ether oxygens (including phenoxy) is 1. The van der Waals surface area contributed by atoms with E-state index in [4.69, 9.17) is 4.74 Å². The van der Waals surface area contributed by atoms with Crippen LogP contribution in [0.4, 0.5) is 19.1 Å². The van der Waals surface area contributed by atoms with Crippen molar-refractivity contribution in [1.82, 2.24) is 14.9 Å². The van der Waals surface area contributed by atoms with Crippen LogP contribution in [0, 0.1) is 5.92 Å². The summed E-state index contributed by atoms with van der Waals surface area (Å²) in [5.74, 6) is 1.30. The molecule has 0 radical (unpaired) electrons. The quantitative estimate of drug-likeness (QED) is 0.383. The predicted octanol–water partition coefficient (Wildman–Crippen LogP) is 6.94. The number of allylic oxidation sites excluding steroid dienone is 1. The van der Waals surface area contributed by atoms with Gasteiger partial charge in [0.15, 0.2) is 0 Å². The van der Waals surface area contributed by atoms with Crippen LogP contribution in [0.1, 0.15) is 38.5 Å². The zero-order valence-electron chi connectivity index (χ0n) is 19.7. The van der Waals surface area contributed by atoms with Crippen LogP contribution in [0.3, 0.4) is 0 Å². The Morgan fingerprint density at radius 3 is 2.69 bits per heavy atom. The number of rotatable bonds is 7. The number of nitrogens with one attached hydrogen (secondary N) is 2. The van der Waals surface area contributed by atoms with Crippen molar-refractivity contribution in [1.29, 1.82) is 0 Å². The van der Waals surface area contributed by atoms with Crippen LogP contribution in [0.25, 0.3) is 22.2 Å². The standard InChI is InChI=1S/C27H29F3N4O/c1-17(14-15-19-8-4-5-9-19)33-26(27(28,29)30)18(2)31-25-32-24-22(12-7-13-23(24)34(25)26)20-10-6-11-21(16-20)35-3/h6-7,10-13,16,19,33H,1-2,4-5,8-9,14-15H2,3H3,(H,31,32). The normalized spacial score (nSPS) is 20.2. The van der Waals surface area contributed by atoms with Gasteiger partial charge in [-0.3, -0.25) is 4.57 Å². The number of para-hydroxylation sites is 1. The molecule has 1 unspecified atom stereocenters. The van der Waals surface area contributed by atoms with Gasteiger partial charge in [-0.05, 0) is 42.5 Å². The molecule has 0 saturated heterocycles. The Morgan fingerprint density at radius 1 is 1.23 bits per heavy atom. The number of aromatic nitrogens is 2. The van der Waals surface area contributed by atoms with Crippen molar-refractivity contribution in [2.45, 2.75) is 50.4 Å². The van der Waals surface area contributed by atoms with E-state index in [0.29, 0.717) is 40.4 Å². The zero-order chi connectivity index (χ0) is 24.8. The minimum absolute atomic E-state index is 0.0914. The van der Waals surface area contributed by atoms with Gasteiger partial charge in [0, 0.05) is 11.3 Å². The van der Waals surface area contributed by atoms with Crippen LogP contribution in [0.15, 0.2) is 67.0 Å². The average molecular weight is 483 g/mol. The van der Waals surface area contributed by atoms with E-state index in [0.717, 1.165) is 24.8 Å². The van der Waals surface area contributed by atoms with Gasteiger partial charge in [0.25, 0.3) is 5.66 Å². The molecule has 1 aliphatic heterocycles. The minimum Gasteiger partial charge on any atom is -0.497 e. The van der Waals surface area contributed by atoms with Crippen molar-refractivity contribution in [2.24, 2.45) is 5.92 Å². The number of hydrogen-bond donors (Lipinski definition) is 2. The molecule has 3 aromatic rings. The Bertz CT molecular complexity index is 1290. The minimum atomic E-state index is -4.70.